The first kappa shape index (κ1) is 22.2. The zero-order valence-corrected chi connectivity index (χ0v) is 17.4. The van der Waals surface area contributed by atoms with Gasteiger partial charge >= 0.3 is 6.18 Å². The van der Waals surface area contributed by atoms with E-state index in [1.54, 1.807) is 7.05 Å². The molecule has 0 aliphatic heterocycles. The summed E-state index contributed by atoms with van der Waals surface area (Å²) in [4.78, 5) is 18.1. The van der Waals surface area contributed by atoms with E-state index in [0.29, 0.717) is 16.2 Å². The number of hydrogen-bond acceptors (Lipinski definition) is 6. The van der Waals surface area contributed by atoms with Crippen LogP contribution in [0.4, 0.5) is 28.9 Å². The molecule has 0 radical (unpaired) electrons. The van der Waals surface area contributed by atoms with Crippen LogP contribution in [0.25, 0.3) is 11.5 Å². The van der Waals surface area contributed by atoms with Crippen molar-refractivity contribution in [2.24, 2.45) is 0 Å². The number of carbonyl (C=O) groups is 1. The zero-order chi connectivity index (χ0) is 23.8. The second kappa shape index (κ2) is 8.50. The van der Waals surface area contributed by atoms with Crippen LogP contribution in [0.15, 0.2) is 49.1 Å². The molecular weight excluding hydrogens is 468 g/mol. The molecule has 0 saturated heterocycles. The lowest BCUT2D eigenvalue weighted by molar-refractivity contribution is -0.143. The first-order valence-electron chi connectivity index (χ1n) is 9.15. The summed E-state index contributed by atoms with van der Waals surface area (Å²) in [5.41, 5.74) is -1.84. The van der Waals surface area contributed by atoms with Crippen LogP contribution in [0.3, 0.4) is 0 Å². The summed E-state index contributed by atoms with van der Waals surface area (Å²) in [6, 6.07) is 4.27. The maximum absolute atomic E-state index is 13.9. The number of nitrogens with one attached hydrogen (secondary N) is 2. The Morgan fingerprint density at radius 2 is 1.82 bits per heavy atom. The van der Waals surface area contributed by atoms with Crippen molar-refractivity contribution >= 4 is 28.9 Å². The minimum absolute atomic E-state index is 0.112. The topological polar surface area (TPSA) is 103 Å². The molecule has 9 nitrogen and oxygen atoms in total. The molecule has 0 saturated carbocycles. The molecule has 2 N–H and O–H groups in total. The highest BCUT2D eigenvalue weighted by Gasteiger charge is 2.41. The van der Waals surface area contributed by atoms with Crippen molar-refractivity contribution in [3.05, 3.63) is 71.2 Å². The largest absolute Gasteiger partial charge is 0.434 e. The molecule has 3 aromatic heterocycles. The number of amides is 1. The molecule has 0 aliphatic carbocycles. The first-order valence-corrected chi connectivity index (χ1v) is 9.53. The van der Waals surface area contributed by atoms with E-state index in [1.807, 2.05) is 0 Å². The van der Waals surface area contributed by atoms with E-state index >= 15 is 0 Å². The molecule has 14 heteroatoms. The van der Waals surface area contributed by atoms with Crippen LogP contribution in [0.1, 0.15) is 16.1 Å². The Bertz CT molecular complexity index is 1320. The lowest BCUT2D eigenvalue weighted by Crippen LogP contribution is -2.21. The highest BCUT2D eigenvalue weighted by Crippen LogP contribution is 2.35. The van der Waals surface area contributed by atoms with Gasteiger partial charge in [-0.2, -0.15) is 28.5 Å². The first-order chi connectivity index (χ1) is 15.7. The molecule has 0 bridgehead atoms. The van der Waals surface area contributed by atoms with Gasteiger partial charge in [0.05, 0.1) is 52.4 Å². The van der Waals surface area contributed by atoms with Crippen LogP contribution in [0.2, 0.25) is 5.02 Å². The summed E-state index contributed by atoms with van der Waals surface area (Å²) < 4.78 is 55.4. The summed E-state index contributed by atoms with van der Waals surface area (Å²) in [6.45, 7) is 0. The second-order valence-electron chi connectivity index (χ2n) is 6.53. The highest BCUT2D eigenvalue weighted by molar-refractivity contribution is 6.32. The van der Waals surface area contributed by atoms with E-state index in [9.17, 15) is 22.4 Å². The average Bonchev–Trinajstić information content (AvgIpc) is 3.43. The number of alkyl halides is 3. The minimum Gasteiger partial charge on any atom is -0.385 e. The fourth-order valence-electron chi connectivity index (χ4n) is 3.02. The molecule has 0 fully saturated rings. The number of nitrogens with zero attached hydrogens (tertiary/aromatic N) is 6. The Labute approximate surface area is 188 Å². The molecule has 170 valence electrons. The molecule has 4 rings (SSSR count). The van der Waals surface area contributed by atoms with Crippen LogP contribution in [0.5, 0.6) is 0 Å². The van der Waals surface area contributed by atoms with E-state index in [-0.39, 0.29) is 16.4 Å². The van der Waals surface area contributed by atoms with Crippen molar-refractivity contribution in [1.29, 1.82) is 0 Å². The van der Waals surface area contributed by atoms with Gasteiger partial charge in [-0.05, 0) is 24.3 Å². The monoisotopic (exact) mass is 480 g/mol. The third kappa shape index (κ3) is 4.35. The molecule has 33 heavy (non-hydrogen) atoms. The van der Waals surface area contributed by atoms with Gasteiger partial charge in [0.2, 0.25) is 0 Å². The molecular formula is C19H13ClF4N8O. The number of hydrogen-bond donors (Lipinski definition) is 2. The fourth-order valence-corrected chi connectivity index (χ4v) is 3.26. The summed E-state index contributed by atoms with van der Waals surface area (Å²) in [6.07, 6.45) is -0.0792. The fraction of sp³-hybridized carbons (Fsp3) is 0.105. The van der Waals surface area contributed by atoms with E-state index in [2.05, 4.69) is 30.9 Å². The van der Waals surface area contributed by atoms with E-state index in [4.69, 9.17) is 11.6 Å². The zero-order valence-electron chi connectivity index (χ0n) is 16.6. The summed E-state index contributed by atoms with van der Waals surface area (Å²) in [5, 5.41) is 16.5. The van der Waals surface area contributed by atoms with Gasteiger partial charge in [0.15, 0.2) is 11.5 Å². The standard InChI is InChI=1S/C19H13ClF4N8O/c1-25-14-7-11(8-26-17(14)32-27-4-5-28-32)30-18(33)12-9-29-31(16(12)19(22,23)24)15-3-2-10(21)6-13(15)20/h2-9,25H,1H3,(H,30,33). The SMILES string of the molecule is CNc1cc(NC(=O)c2cnn(-c3ccc(F)cc3Cl)c2C(F)(F)F)cnc1-n1nccn1. The van der Waals surface area contributed by atoms with Crippen LogP contribution in [-0.4, -0.2) is 42.7 Å². The van der Waals surface area contributed by atoms with Crippen molar-refractivity contribution in [1.82, 2.24) is 29.8 Å². The number of benzene rings is 1. The lowest BCUT2D eigenvalue weighted by atomic mass is 10.2. The Morgan fingerprint density at radius 3 is 2.45 bits per heavy atom. The maximum Gasteiger partial charge on any atom is 0.434 e. The van der Waals surface area contributed by atoms with Gasteiger partial charge in [-0.3, -0.25) is 4.79 Å². The van der Waals surface area contributed by atoms with Crippen LogP contribution >= 0.6 is 11.6 Å². The van der Waals surface area contributed by atoms with Crippen LogP contribution in [-0.2, 0) is 6.18 Å². The quantitative estimate of drug-likeness (QED) is 0.419. The Morgan fingerprint density at radius 1 is 1.09 bits per heavy atom. The second-order valence-corrected chi connectivity index (χ2v) is 6.94. The van der Waals surface area contributed by atoms with Gasteiger partial charge in [0, 0.05) is 7.05 Å². The number of halogens is 5. The van der Waals surface area contributed by atoms with Gasteiger partial charge in [-0.15, -0.1) is 4.80 Å². The Hall–Kier alpha value is -4.00. The van der Waals surface area contributed by atoms with Crippen molar-refractivity contribution in [3.63, 3.8) is 0 Å². The summed E-state index contributed by atoms with van der Waals surface area (Å²) >= 11 is 5.90. The molecule has 0 aliphatic rings. The van der Waals surface area contributed by atoms with E-state index < -0.39 is 29.2 Å². The molecule has 4 aromatic rings. The van der Waals surface area contributed by atoms with Crippen molar-refractivity contribution in [2.75, 3.05) is 17.7 Å². The summed E-state index contributed by atoms with van der Waals surface area (Å²) in [5.74, 6) is -1.50. The maximum atomic E-state index is 13.9. The predicted octanol–water partition coefficient (Wildman–Crippen LogP) is 3.95. The van der Waals surface area contributed by atoms with E-state index in [1.165, 1.54) is 29.5 Å². The molecule has 3 heterocycles. The smallest absolute Gasteiger partial charge is 0.385 e. The third-order valence-electron chi connectivity index (χ3n) is 4.42. The van der Waals surface area contributed by atoms with Crippen molar-refractivity contribution in [3.8, 4) is 11.5 Å². The van der Waals surface area contributed by atoms with Gasteiger partial charge in [-0.25, -0.2) is 14.1 Å². The lowest BCUT2D eigenvalue weighted by Gasteiger charge is -2.14. The molecule has 0 atom stereocenters. The number of pyridine rings is 1. The normalized spacial score (nSPS) is 11.5. The minimum atomic E-state index is -4.97. The number of carbonyl (C=O) groups excluding carboxylic acids is 1. The average molecular weight is 481 g/mol. The Kier molecular flexibility index (Phi) is 5.72. The van der Waals surface area contributed by atoms with E-state index in [0.717, 1.165) is 24.4 Å². The Balaban J connectivity index is 1.70. The number of anilines is 2. The van der Waals surface area contributed by atoms with Gasteiger partial charge < -0.3 is 10.6 Å². The number of aromatic nitrogens is 6. The van der Waals surface area contributed by atoms with Crippen LogP contribution in [0, 0.1) is 5.82 Å². The molecule has 0 unspecified atom stereocenters. The predicted molar refractivity (Wildman–Crippen MR) is 110 cm³/mol. The number of rotatable bonds is 5. The molecule has 0 spiro atoms. The highest BCUT2D eigenvalue weighted by atomic mass is 35.5. The van der Waals surface area contributed by atoms with Gasteiger partial charge in [0.25, 0.3) is 5.91 Å². The molecule has 1 amide bonds. The van der Waals surface area contributed by atoms with Gasteiger partial charge in [0.1, 0.15) is 5.82 Å². The van der Waals surface area contributed by atoms with Crippen molar-refractivity contribution < 1.29 is 22.4 Å². The van der Waals surface area contributed by atoms with Gasteiger partial charge in [-0.1, -0.05) is 11.6 Å². The van der Waals surface area contributed by atoms with Crippen molar-refractivity contribution in [2.45, 2.75) is 6.18 Å². The third-order valence-corrected chi connectivity index (χ3v) is 4.73. The molecule has 1 aromatic carbocycles. The van der Waals surface area contributed by atoms with Crippen LogP contribution < -0.4 is 10.6 Å². The summed E-state index contributed by atoms with van der Waals surface area (Å²) in [7, 11) is 1.59.